The van der Waals surface area contributed by atoms with Crippen molar-refractivity contribution in [3.63, 3.8) is 0 Å². The Morgan fingerprint density at radius 3 is 2.55 bits per heavy atom. The molecule has 0 aromatic heterocycles. The molecule has 1 unspecified atom stereocenters. The molecule has 0 spiro atoms. The lowest BCUT2D eigenvalue weighted by molar-refractivity contribution is -0.119. The van der Waals surface area contributed by atoms with Gasteiger partial charge in [0, 0.05) is 25.5 Å². The maximum absolute atomic E-state index is 10.7. The van der Waals surface area contributed by atoms with Crippen molar-refractivity contribution >= 4 is 18.2 Å². The lowest BCUT2D eigenvalue weighted by atomic mass is 10.1. The molecule has 0 aromatic rings. The molecule has 11 heavy (non-hydrogen) atoms. The predicted octanol–water partition coefficient (Wildman–Crippen LogP) is 0.386. The van der Waals surface area contributed by atoms with E-state index < -0.39 is 6.10 Å². The van der Waals surface area contributed by atoms with Gasteiger partial charge in [0.15, 0.2) is 0 Å². The van der Waals surface area contributed by atoms with Gasteiger partial charge in [-0.05, 0) is 6.21 Å². The molecule has 4 heteroatoms. The summed E-state index contributed by atoms with van der Waals surface area (Å²) in [5.41, 5.74) is 0. The van der Waals surface area contributed by atoms with E-state index in [2.05, 4.69) is 0 Å². The summed E-state index contributed by atoms with van der Waals surface area (Å²) in [6.45, 7) is 0. The van der Waals surface area contributed by atoms with Crippen molar-refractivity contribution < 1.29 is 9.90 Å². The van der Waals surface area contributed by atoms with Crippen LogP contribution in [0.5, 0.6) is 0 Å². The zero-order valence-corrected chi connectivity index (χ0v) is 6.21. The second-order valence-electron chi connectivity index (χ2n) is 2.24. The molecular formula is C7H12N2O2. The first-order chi connectivity index (χ1) is 5.20. The van der Waals surface area contributed by atoms with E-state index in [1.807, 2.05) is 0 Å². The van der Waals surface area contributed by atoms with Gasteiger partial charge < -0.3 is 15.9 Å². The molecule has 0 heterocycles. The average Bonchev–Trinajstić information content (AvgIpc) is 1.87. The fraction of sp³-hybridized carbons (Fsp3) is 0.571. The minimum absolute atomic E-state index is 0.0464. The SMILES string of the molecule is N=CCC(=O)CC(O)CC=N. The molecule has 0 fully saturated rings. The third kappa shape index (κ3) is 5.42. The second-order valence-corrected chi connectivity index (χ2v) is 2.24. The topological polar surface area (TPSA) is 85.0 Å². The van der Waals surface area contributed by atoms with Crippen molar-refractivity contribution in [1.29, 1.82) is 10.8 Å². The van der Waals surface area contributed by atoms with Gasteiger partial charge >= 0.3 is 0 Å². The first-order valence-corrected chi connectivity index (χ1v) is 3.38. The molecule has 0 saturated carbocycles. The molecule has 0 saturated heterocycles. The van der Waals surface area contributed by atoms with Crippen molar-refractivity contribution in [2.75, 3.05) is 0 Å². The van der Waals surface area contributed by atoms with Gasteiger partial charge in [0.2, 0.25) is 0 Å². The highest BCUT2D eigenvalue weighted by Crippen LogP contribution is 1.97. The van der Waals surface area contributed by atoms with Crippen LogP contribution in [0.3, 0.4) is 0 Å². The third-order valence-electron chi connectivity index (χ3n) is 1.18. The van der Waals surface area contributed by atoms with Gasteiger partial charge in [-0.25, -0.2) is 0 Å². The summed E-state index contributed by atoms with van der Waals surface area (Å²) in [6.07, 6.45) is 1.67. The van der Waals surface area contributed by atoms with E-state index in [-0.39, 0.29) is 25.0 Å². The molecular weight excluding hydrogens is 144 g/mol. The van der Waals surface area contributed by atoms with Gasteiger partial charge in [-0.1, -0.05) is 0 Å². The Morgan fingerprint density at radius 2 is 2.09 bits per heavy atom. The quantitative estimate of drug-likeness (QED) is 0.486. The van der Waals surface area contributed by atoms with Gasteiger partial charge in [0.1, 0.15) is 5.78 Å². The van der Waals surface area contributed by atoms with E-state index in [1.54, 1.807) is 0 Å². The fourth-order valence-corrected chi connectivity index (χ4v) is 0.679. The van der Waals surface area contributed by atoms with Crippen LogP contribution in [0.2, 0.25) is 0 Å². The standard InChI is InChI=1S/C7H12N2O2/c8-3-1-6(10)5-7(11)2-4-9/h3-4,6,8-10H,1-2,5H2. The van der Waals surface area contributed by atoms with Crippen LogP contribution in [0.4, 0.5) is 0 Å². The van der Waals surface area contributed by atoms with Crippen LogP contribution in [0.1, 0.15) is 19.3 Å². The highest BCUT2D eigenvalue weighted by Gasteiger charge is 2.07. The maximum Gasteiger partial charge on any atom is 0.140 e. The van der Waals surface area contributed by atoms with Crippen LogP contribution in [0.15, 0.2) is 0 Å². The number of aliphatic hydroxyl groups excluding tert-OH is 1. The van der Waals surface area contributed by atoms with Crippen molar-refractivity contribution in [2.45, 2.75) is 25.4 Å². The summed E-state index contributed by atoms with van der Waals surface area (Å²) >= 11 is 0. The number of carbonyl (C=O) groups excluding carboxylic acids is 1. The van der Waals surface area contributed by atoms with E-state index in [0.717, 1.165) is 12.4 Å². The summed E-state index contributed by atoms with van der Waals surface area (Å²) in [6, 6.07) is 0. The molecule has 0 radical (unpaired) electrons. The number of hydrogen-bond acceptors (Lipinski definition) is 4. The number of aliphatic hydroxyl groups is 1. The van der Waals surface area contributed by atoms with Crippen molar-refractivity contribution in [2.24, 2.45) is 0 Å². The van der Waals surface area contributed by atoms with Crippen molar-refractivity contribution in [3.05, 3.63) is 0 Å². The Kier molecular flexibility index (Phi) is 5.20. The zero-order valence-electron chi connectivity index (χ0n) is 6.21. The Morgan fingerprint density at radius 1 is 1.45 bits per heavy atom. The molecule has 0 bridgehead atoms. The minimum Gasteiger partial charge on any atom is -0.392 e. The number of hydrogen-bond donors (Lipinski definition) is 3. The summed E-state index contributed by atoms with van der Waals surface area (Å²) in [5, 5.41) is 22.2. The monoisotopic (exact) mass is 156 g/mol. The molecule has 0 rings (SSSR count). The molecule has 1 atom stereocenters. The van der Waals surface area contributed by atoms with Crippen LogP contribution in [0, 0.1) is 10.8 Å². The maximum atomic E-state index is 10.7. The molecule has 62 valence electrons. The van der Waals surface area contributed by atoms with Gasteiger partial charge in [0.05, 0.1) is 6.10 Å². The summed E-state index contributed by atoms with van der Waals surface area (Å²) in [4.78, 5) is 10.7. The molecule has 0 aromatic carbocycles. The van der Waals surface area contributed by atoms with E-state index in [4.69, 9.17) is 15.9 Å². The molecule has 0 aliphatic rings. The minimum atomic E-state index is -0.750. The van der Waals surface area contributed by atoms with Crippen LogP contribution in [-0.2, 0) is 4.79 Å². The van der Waals surface area contributed by atoms with Gasteiger partial charge in [0.25, 0.3) is 0 Å². The van der Waals surface area contributed by atoms with Crippen molar-refractivity contribution in [1.82, 2.24) is 0 Å². The largest absolute Gasteiger partial charge is 0.392 e. The third-order valence-corrected chi connectivity index (χ3v) is 1.18. The van der Waals surface area contributed by atoms with Gasteiger partial charge in [-0.3, -0.25) is 4.79 Å². The summed E-state index contributed by atoms with van der Waals surface area (Å²) < 4.78 is 0. The van der Waals surface area contributed by atoms with Gasteiger partial charge in [-0.2, -0.15) is 0 Å². The number of carbonyl (C=O) groups is 1. The predicted molar refractivity (Wildman–Crippen MR) is 42.4 cm³/mol. The Labute approximate surface area is 65.3 Å². The fourth-order valence-electron chi connectivity index (χ4n) is 0.679. The molecule has 0 amide bonds. The van der Waals surface area contributed by atoms with Crippen LogP contribution in [0.25, 0.3) is 0 Å². The lowest BCUT2D eigenvalue weighted by Crippen LogP contribution is -2.13. The first kappa shape index (κ1) is 9.97. The Bertz CT molecular complexity index is 157. The summed E-state index contributed by atoms with van der Waals surface area (Å²) in [5.74, 6) is -0.158. The highest BCUT2D eigenvalue weighted by molar-refractivity contribution is 5.90. The van der Waals surface area contributed by atoms with Crippen LogP contribution in [-0.4, -0.2) is 29.4 Å². The van der Waals surface area contributed by atoms with E-state index >= 15 is 0 Å². The Hall–Kier alpha value is -1.03. The van der Waals surface area contributed by atoms with Crippen LogP contribution >= 0.6 is 0 Å². The normalized spacial score (nSPS) is 12.1. The Balaban J connectivity index is 3.55. The lowest BCUT2D eigenvalue weighted by Gasteiger charge is -2.03. The van der Waals surface area contributed by atoms with E-state index in [1.165, 1.54) is 0 Å². The molecule has 0 aliphatic carbocycles. The average molecular weight is 156 g/mol. The second kappa shape index (κ2) is 5.73. The smallest absolute Gasteiger partial charge is 0.140 e. The molecule has 3 N–H and O–H groups in total. The van der Waals surface area contributed by atoms with Gasteiger partial charge in [-0.15, -0.1) is 0 Å². The molecule has 0 aliphatic heterocycles. The van der Waals surface area contributed by atoms with Crippen molar-refractivity contribution in [3.8, 4) is 0 Å². The highest BCUT2D eigenvalue weighted by atomic mass is 16.3. The number of rotatable bonds is 6. The molecule has 4 nitrogen and oxygen atoms in total. The number of nitrogens with one attached hydrogen (secondary N) is 2. The van der Waals surface area contributed by atoms with E-state index in [9.17, 15) is 4.79 Å². The number of ketones is 1. The van der Waals surface area contributed by atoms with E-state index in [0.29, 0.717) is 0 Å². The zero-order chi connectivity index (χ0) is 8.69. The number of Topliss-reactive ketones (excluding diaryl/α,β-unsaturated/α-hetero) is 1. The summed E-state index contributed by atoms with van der Waals surface area (Å²) in [7, 11) is 0. The first-order valence-electron chi connectivity index (χ1n) is 3.38. The van der Waals surface area contributed by atoms with Crippen LogP contribution < -0.4 is 0 Å².